The van der Waals surface area contributed by atoms with Crippen LogP contribution in [0.15, 0.2) is 0 Å². The normalized spacial score (nSPS) is 12.9. The Morgan fingerprint density at radius 2 is 1.37 bits per heavy atom. The molecule has 3 N–H and O–H groups in total. The lowest BCUT2D eigenvalue weighted by Gasteiger charge is -2.23. The van der Waals surface area contributed by atoms with Gasteiger partial charge in [-0.2, -0.15) is 0 Å². The van der Waals surface area contributed by atoms with Crippen LogP contribution in [0.1, 0.15) is 12.8 Å². The van der Waals surface area contributed by atoms with Crippen molar-refractivity contribution in [1.82, 2.24) is 5.32 Å². The van der Waals surface area contributed by atoms with Gasteiger partial charge in [0.15, 0.2) is 0 Å². The van der Waals surface area contributed by atoms with Gasteiger partial charge < -0.3 is 24.4 Å². The summed E-state index contributed by atoms with van der Waals surface area (Å²) in [5.41, 5.74) is 0. The van der Waals surface area contributed by atoms with Crippen LogP contribution in [0.3, 0.4) is 0 Å². The van der Waals surface area contributed by atoms with Gasteiger partial charge in [0.05, 0.1) is 0 Å². The molecule has 116 valence electrons. The molecule has 0 aromatic heterocycles. The Labute approximate surface area is 119 Å². The third kappa shape index (κ3) is 8.18. The number of rotatable bonds is 12. The Morgan fingerprint density at radius 3 is 1.79 bits per heavy atom. The zero-order valence-electron chi connectivity index (χ0n) is 12.9. The summed E-state index contributed by atoms with van der Waals surface area (Å²) in [6, 6.07) is 1.96. The second kappa shape index (κ2) is 10.0. The van der Waals surface area contributed by atoms with E-state index < -0.39 is 16.6 Å². The van der Waals surface area contributed by atoms with Gasteiger partial charge in [0, 0.05) is 26.7 Å². The molecule has 0 fully saturated rings. The summed E-state index contributed by atoms with van der Waals surface area (Å²) < 4.78 is 10.9. The minimum Gasteiger partial charge on any atom is -0.400 e. The van der Waals surface area contributed by atoms with Gasteiger partial charge in [0.2, 0.25) is 0 Å². The predicted octanol–water partition coefficient (Wildman–Crippen LogP) is 0.863. The highest BCUT2D eigenvalue weighted by Gasteiger charge is 2.27. The molecule has 0 rings (SSSR count). The second-order valence-corrected chi connectivity index (χ2v) is 14.0. The van der Waals surface area contributed by atoms with E-state index in [0.29, 0.717) is 0 Å². The molecule has 0 saturated carbocycles. The van der Waals surface area contributed by atoms with Crippen molar-refractivity contribution >= 4 is 16.6 Å². The fourth-order valence-corrected chi connectivity index (χ4v) is 4.64. The van der Waals surface area contributed by atoms with Crippen LogP contribution in [0.5, 0.6) is 0 Å². The molecule has 0 atom stereocenters. The van der Waals surface area contributed by atoms with Crippen LogP contribution in [0, 0.1) is 0 Å². The van der Waals surface area contributed by atoms with Crippen LogP contribution < -0.4 is 5.32 Å². The third-order valence-electron chi connectivity index (χ3n) is 3.75. The molecule has 5 nitrogen and oxygen atoms in total. The standard InChI is InChI=1S/C12H31NO4Si2/c1-16-19(4,17-2)10-6-8-13-7-5-9-18(3,11-14)12-15/h13-15H,5-12H2,1-4H3. The first-order valence-electron chi connectivity index (χ1n) is 6.98. The summed E-state index contributed by atoms with van der Waals surface area (Å²) >= 11 is 0. The summed E-state index contributed by atoms with van der Waals surface area (Å²) in [5.74, 6) is 0. The van der Waals surface area contributed by atoms with Crippen molar-refractivity contribution in [1.29, 1.82) is 0 Å². The maximum Gasteiger partial charge on any atom is 0.334 e. The van der Waals surface area contributed by atoms with Crippen molar-refractivity contribution in [2.45, 2.75) is 38.0 Å². The maximum absolute atomic E-state index is 9.23. The highest BCUT2D eigenvalue weighted by atomic mass is 28.4. The number of nitrogens with one attached hydrogen (secondary N) is 1. The second-order valence-electron chi connectivity index (χ2n) is 5.63. The Morgan fingerprint density at radius 1 is 0.895 bits per heavy atom. The Kier molecular flexibility index (Phi) is 10.2. The molecule has 19 heavy (non-hydrogen) atoms. The minimum atomic E-state index is -1.91. The SMILES string of the molecule is CO[Si](C)(CCCNCCC[Si](C)(CO)CO)OC. The summed E-state index contributed by atoms with van der Waals surface area (Å²) in [4.78, 5) is 0. The van der Waals surface area contributed by atoms with Gasteiger partial charge in [-0.1, -0.05) is 12.6 Å². The molecule has 7 heteroatoms. The van der Waals surface area contributed by atoms with Gasteiger partial charge in [-0.25, -0.2) is 0 Å². The molecule has 0 heterocycles. The number of hydrogen-bond acceptors (Lipinski definition) is 5. The van der Waals surface area contributed by atoms with E-state index in [1.165, 1.54) is 0 Å². The smallest absolute Gasteiger partial charge is 0.334 e. The number of aliphatic hydroxyl groups excluding tert-OH is 2. The van der Waals surface area contributed by atoms with Gasteiger partial charge in [-0.15, -0.1) is 0 Å². The molecule has 0 spiro atoms. The van der Waals surface area contributed by atoms with Crippen LogP contribution in [0.25, 0.3) is 0 Å². The van der Waals surface area contributed by atoms with E-state index in [4.69, 9.17) is 8.85 Å². The molecule has 0 aliphatic carbocycles. The quantitative estimate of drug-likeness (QED) is 0.368. The van der Waals surface area contributed by atoms with Crippen molar-refractivity contribution in [2.24, 2.45) is 0 Å². The molecule has 0 aromatic carbocycles. The van der Waals surface area contributed by atoms with Crippen molar-refractivity contribution in [2.75, 3.05) is 39.8 Å². The molecule has 0 aromatic rings. The van der Waals surface area contributed by atoms with Crippen LogP contribution in [0.4, 0.5) is 0 Å². The summed E-state index contributed by atoms with van der Waals surface area (Å²) in [6.45, 7) is 6.03. The van der Waals surface area contributed by atoms with E-state index in [2.05, 4.69) is 11.9 Å². The molecule has 0 bridgehead atoms. The van der Waals surface area contributed by atoms with Crippen LogP contribution >= 0.6 is 0 Å². The molecule has 0 saturated heterocycles. The molecule has 0 amide bonds. The molecule has 0 aliphatic rings. The largest absolute Gasteiger partial charge is 0.400 e. The van der Waals surface area contributed by atoms with Gasteiger partial charge >= 0.3 is 8.56 Å². The van der Waals surface area contributed by atoms with Crippen molar-refractivity contribution in [3.8, 4) is 0 Å². The van der Waals surface area contributed by atoms with E-state index in [1.807, 2.05) is 6.55 Å². The van der Waals surface area contributed by atoms with Gasteiger partial charge in [-0.3, -0.25) is 0 Å². The highest BCUT2D eigenvalue weighted by molar-refractivity contribution is 6.78. The topological polar surface area (TPSA) is 71.0 Å². The monoisotopic (exact) mass is 309 g/mol. The number of aliphatic hydroxyl groups is 2. The average molecular weight is 310 g/mol. The summed E-state index contributed by atoms with van der Waals surface area (Å²) in [6.07, 6.45) is 2.43. The summed E-state index contributed by atoms with van der Waals surface area (Å²) in [5, 5.41) is 21.9. The van der Waals surface area contributed by atoms with E-state index in [0.717, 1.165) is 38.0 Å². The zero-order valence-corrected chi connectivity index (χ0v) is 14.9. The molecule has 0 radical (unpaired) electrons. The van der Waals surface area contributed by atoms with Crippen molar-refractivity contribution in [3.05, 3.63) is 0 Å². The van der Waals surface area contributed by atoms with E-state index in [1.54, 1.807) is 14.2 Å². The summed E-state index contributed by atoms with van der Waals surface area (Å²) in [7, 11) is -0.235. The van der Waals surface area contributed by atoms with E-state index in [-0.39, 0.29) is 12.5 Å². The molecular weight excluding hydrogens is 278 g/mol. The lowest BCUT2D eigenvalue weighted by molar-refractivity contribution is 0.248. The highest BCUT2D eigenvalue weighted by Crippen LogP contribution is 2.13. The van der Waals surface area contributed by atoms with Gasteiger partial charge in [0.1, 0.15) is 8.07 Å². The molecule has 0 aliphatic heterocycles. The first-order valence-corrected chi connectivity index (χ1v) is 12.6. The fourth-order valence-electron chi connectivity index (χ4n) is 1.80. The molecule has 0 unspecified atom stereocenters. The van der Waals surface area contributed by atoms with Gasteiger partial charge in [0.25, 0.3) is 0 Å². The predicted molar refractivity (Wildman–Crippen MR) is 83.1 cm³/mol. The van der Waals surface area contributed by atoms with Gasteiger partial charge in [-0.05, 0) is 38.5 Å². The first-order chi connectivity index (χ1) is 8.95. The maximum atomic E-state index is 9.23. The number of hydrogen-bond donors (Lipinski definition) is 3. The Hall–Kier alpha value is 0.234. The first kappa shape index (κ1) is 19.2. The van der Waals surface area contributed by atoms with Crippen LogP contribution in [-0.2, 0) is 8.85 Å². The van der Waals surface area contributed by atoms with Crippen molar-refractivity contribution < 1.29 is 19.1 Å². The average Bonchev–Trinajstić information content (AvgIpc) is 2.45. The zero-order chi connectivity index (χ0) is 14.8. The van der Waals surface area contributed by atoms with Crippen molar-refractivity contribution in [3.63, 3.8) is 0 Å². The fraction of sp³-hybridized carbons (Fsp3) is 1.00. The Bertz CT molecular complexity index is 202. The third-order valence-corrected chi connectivity index (χ3v) is 9.82. The Balaban J connectivity index is 3.56. The van der Waals surface area contributed by atoms with Crippen LogP contribution in [-0.4, -0.2) is 66.6 Å². The molecular formula is C12H31NO4Si2. The lowest BCUT2D eigenvalue weighted by atomic mass is 10.4. The van der Waals surface area contributed by atoms with Crippen LogP contribution in [0.2, 0.25) is 25.2 Å². The lowest BCUT2D eigenvalue weighted by Crippen LogP contribution is -2.41. The van der Waals surface area contributed by atoms with E-state index in [9.17, 15) is 10.2 Å². The minimum absolute atomic E-state index is 0.176. The van der Waals surface area contributed by atoms with E-state index >= 15 is 0 Å².